The van der Waals surface area contributed by atoms with Crippen molar-refractivity contribution >= 4 is 12.4 Å². The van der Waals surface area contributed by atoms with Gasteiger partial charge in [-0.15, -0.1) is 12.4 Å². The van der Waals surface area contributed by atoms with Gasteiger partial charge in [0.05, 0.1) is 13.7 Å². The Kier molecular flexibility index (Phi) is 8.56. The molecule has 1 aromatic rings. The molecule has 0 bridgehead atoms. The van der Waals surface area contributed by atoms with Crippen molar-refractivity contribution in [2.45, 2.75) is 19.4 Å². The molecule has 0 aromatic heterocycles. The minimum atomic E-state index is 0. The summed E-state index contributed by atoms with van der Waals surface area (Å²) in [5.74, 6) is 1.53. The first-order valence-corrected chi connectivity index (χ1v) is 7.66. The Morgan fingerprint density at radius 3 is 2.59 bits per heavy atom. The summed E-state index contributed by atoms with van der Waals surface area (Å²) in [6, 6.07) is 6.30. The zero-order valence-electron chi connectivity index (χ0n) is 13.4. The first-order valence-electron chi connectivity index (χ1n) is 7.66. The summed E-state index contributed by atoms with van der Waals surface area (Å²) in [6.07, 6.45) is 0.733. The Morgan fingerprint density at radius 2 is 2.00 bits per heavy atom. The summed E-state index contributed by atoms with van der Waals surface area (Å²) in [6.45, 7) is 6.76. The molecular weight excluding hydrogens is 304 g/mol. The van der Waals surface area contributed by atoms with E-state index >= 15 is 0 Å². The maximum Gasteiger partial charge on any atom is 0.161 e. The summed E-state index contributed by atoms with van der Waals surface area (Å²) < 4.78 is 11.0. The van der Waals surface area contributed by atoms with E-state index in [1.807, 2.05) is 19.1 Å². The van der Waals surface area contributed by atoms with E-state index in [4.69, 9.17) is 9.47 Å². The molecule has 1 saturated heterocycles. The maximum atomic E-state index is 9.40. The lowest BCUT2D eigenvalue weighted by molar-refractivity contribution is 0.141. The molecule has 1 atom stereocenters. The summed E-state index contributed by atoms with van der Waals surface area (Å²) in [5.41, 5.74) is 1.17. The van der Waals surface area contributed by atoms with E-state index in [0.717, 1.165) is 44.1 Å². The van der Waals surface area contributed by atoms with E-state index in [1.54, 1.807) is 7.11 Å². The van der Waals surface area contributed by atoms with Gasteiger partial charge >= 0.3 is 0 Å². The van der Waals surface area contributed by atoms with Crippen LogP contribution in [-0.2, 0) is 0 Å². The molecular formula is C16H27ClN2O3. The van der Waals surface area contributed by atoms with Crippen molar-refractivity contribution in [3.05, 3.63) is 23.8 Å². The number of aliphatic hydroxyl groups excluding tert-OH is 1. The fourth-order valence-electron chi connectivity index (χ4n) is 2.84. The van der Waals surface area contributed by atoms with Crippen molar-refractivity contribution in [3.63, 3.8) is 0 Å². The van der Waals surface area contributed by atoms with Gasteiger partial charge in [-0.3, -0.25) is 4.90 Å². The number of piperazine rings is 1. The largest absolute Gasteiger partial charge is 0.493 e. The zero-order chi connectivity index (χ0) is 15.1. The van der Waals surface area contributed by atoms with Gasteiger partial charge in [0.25, 0.3) is 0 Å². The van der Waals surface area contributed by atoms with E-state index in [9.17, 15) is 5.11 Å². The van der Waals surface area contributed by atoms with Crippen LogP contribution in [0.4, 0.5) is 0 Å². The van der Waals surface area contributed by atoms with E-state index in [1.165, 1.54) is 5.56 Å². The van der Waals surface area contributed by atoms with Gasteiger partial charge < -0.3 is 19.9 Å². The Labute approximate surface area is 139 Å². The highest BCUT2D eigenvalue weighted by atomic mass is 35.5. The minimum absolute atomic E-state index is 0. The second-order valence-corrected chi connectivity index (χ2v) is 5.16. The van der Waals surface area contributed by atoms with Gasteiger partial charge in [0.15, 0.2) is 11.5 Å². The molecule has 0 aliphatic carbocycles. The molecule has 0 amide bonds. The SMILES string of the molecule is CCOc1ccc([C@H](CCO)N2CCNCC2)cc1OC.Cl. The Morgan fingerprint density at radius 1 is 1.27 bits per heavy atom. The number of nitrogens with one attached hydrogen (secondary N) is 1. The Balaban J connectivity index is 0.00000242. The number of halogens is 1. The van der Waals surface area contributed by atoms with Crippen LogP contribution < -0.4 is 14.8 Å². The van der Waals surface area contributed by atoms with Crippen LogP contribution in [0.2, 0.25) is 0 Å². The van der Waals surface area contributed by atoms with Gasteiger partial charge in [-0.25, -0.2) is 0 Å². The number of benzene rings is 1. The predicted octanol–water partition coefficient (Wildman–Crippen LogP) is 1.84. The van der Waals surface area contributed by atoms with Crippen LogP contribution in [0.1, 0.15) is 24.9 Å². The zero-order valence-corrected chi connectivity index (χ0v) is 14.2. The lowest BCUT2D eigenvalue weighted by Crippen LogP contribution is -2.45. The molecule has 1 aliphatic rings. The van der Waals surface area contributed by atoms with Crippen molar-refractivity contribution < 1.29 is 14.6 Å². The first-order chi connectivity index (χ1) is 10.3. The molecule has 1 aliphatic heterocycles. The molecule has 0 saturated carbocycles. The van der Waals surface area contributed by atoms with Gasteiger partial charge in [0, 0.05) is 38.8 Å². The normalized spacial score (nSPS) is 16.7. The van der Waals surface area contributed by atoms with Crippen LogP contribution >= 0.6 is 12.4 Å². The summed E-state index contributed by atoms with van der Waals surface area (Å²) in [4.78, 5) is 2.42. The van der Waals surface area contributed by atoms with Crippen LogP contribution in [-0.4, -0.2) is 56.5 Å². The maximum absolute atomic E-state index is 9.40. The van der Waals surface area contributed by atoms with E-state index in [0.29, 0.717) is 6.61 Å². The molecule has 0 spiro atoms. The van der Waals surface area contributed by atoms with Gasteiger partial charge in [0.2, 0.25) is 0 Å². The number of hydrogen-bond acceptors (Lipinski definition) is 5. The third kappa shape index (κ3) is 4.74. The number of hydrogen-bond donors (Lipinski definition) is 2. The van der Waals surface area contributed by atoms with Gasteiger partial charge in [-0.05, 0) is 31.0 Å². The second-order valence-electron chi connectivity index (χ2n) is 5.16. The summed E-state index contributed by atoms with van der Waals surface area (Å²) in [7, 11) is 1.66. The molecule has 1 heterocycles. The smallest absolute Gasteiger partial charge is 0.161 e. The molecule has 5 nitrogen and oxygen atoms in total. The number of aliphatic hydroxyl groups is 1. The molecule has 1 aromatic carbocycles. The molecule has 2 rings (SSSR count). The van der Waals surface area contributed by atoms with Gasteiger partial charge in [0.1, 0.15) is 0 Å². The van der Waals surface area contributed by atoms with Crippen molar-refractivity contribution in [1.82, 2.24) is 10.2 Å². The highest BCUT2D eigenvalue weighted by Gasteiger charge is 2.22. The van der Waals surface area contributed by atoms with Crippen LogP contribution in [0.15, 0.2) is 18.2 Å². The number of ether oxygens (including phenoxy) is 2. The molecule has 1 fully saturated rings. The van der Waals surface area contributed by atoms with Gasteiger partial charge in [-0.2, -0.15) is 0 Å². The molecule has 0 radical (unpaired) electrons. The standard InChI is InChI=1S/C16H26N2O3.ClH/c1-3-21-15-5-4-13(12-16(15)20-2)14(6-11-19)18-9-7-17-8-10-18;/h4-5,12,14,17,19H,3,6-11H2,1-2H3;1H/t14-;/m0./s1. The van der Waals surface area contributed by atoms with Crippen molar-refractivity contribution in [2.24, 2.45) is 0 Å². The van der Waals surface area contributed by atoms with Crippen LogP contribution in [0.25, 0.3) is 0 Å². The number of methoxy groups -OCH3 is 1. The molecule has 2 N–H and O–H groups in total. The molecule has 22 heavy (non-hydrogen) atoms. The Bertz CT molecular complexity index is 439. The average molecular weight is 331 g/mol. The highest BCUT2D eigenvalue weighted by molar-refractivity contribution is 5.85. The van der Waals surface area contributed by atoms with Crippen LogP contribution in [0.3, 0.4) is 0 Å². The lowest BCUT2D eigenvalue weighted by atomic mass is 10.0. The van der Waals surface area contributed by atoms with E-state index in [-0.39, 0.29) is 25.1 Å². The topological polar surface area (TPSA) is 54.0 Å². The number of rotatable bonds is 7. The molecule has 0 unspecified atom stereocenters. The molecule has 6 heteroatoms. The Hall–Kier alpha value is -1.01. The summed E-state index contributed by atoms with van der Waals surface area (Å²) >= 11 is 0. The fraction of sp³-hybridized carbons (Fsp3) is 0.625. The van der Waals surface area contributed by atoms with E-state index < -0.39 is 0 Å². The minimum Gasteiger partial charge on any atom is -0.493 e. The van der Waals surface area contributed by atoms with Crippen molar-refractivity contribution in [2.75, 3.05) is 46.5 Å². The third-order valence-corrected chi connectivity index (χ3v) is 3.87. The van der Waals surface area contributed by atoms with Crippen LogP contribution in [0, 0.1) is 0 Å². The highest BCUT2D eigenvalue weighted by Crippen LogP contribution is 2.33. The number of nitrogens with zero attached hydrogens (tertiary/aromatic N) is 1. The molecule has 126 valence electrons. The van der Waals surface area contributed by atoms with Crippen molar-refractivity contribution in [1.29, 1.82) is 0 Å². The average Bonchev–Trinajstić information content (AvgIpc) is 2.54. The quantitative estimate of drug-likeness (QED) is 0.799. The van der Waals surface area contributed by atoms with Gasteiger partial charge in [-0.1, -0.05) is 6.07 Å². The first kappa shape index (κ1) is 19.0. The van der Waals surface area contributed by atoms with E-state index in [2.05, 4.69) is 16.3 Å². The predicted molar refractivity (Wildman–Crippen MR) is 90.3 cm³/mol. The monoisotopic (exact) mass is 330 g/mol. The second kappa shape index (κ2) is 9.90. The lowest BCUT2D eigenvalue weighted by Gasteiger charge is -2.35. The third-order valence-electron chi connectivity index (χ3n) is 3.87. The van der Waals surface area contributed by atoms with Crippen molar-refractivity contribution in [3.8, 4) is 11.5 Å². The fourth-order valence-corrected chi connectivity index (χ4v) is 2.84. The van der Waals surface area contributed by atoms with Crippen LogP contribution in [0.5, 0.6) is 11.5 Å². The summed E-state index contributed by atoms with van der Waals surface area (Å²) in [5, 5.41) is 12.8.